The summed E-state index contributed by atoms with van der Waals surface area (Å²) in [6.45, 7) is 0. The molecule has 0 aliphatic heterocycles. The Balaban J connectivity index is 0.00000602. The monoisotopic (exact) mass is 1140 g/mol. The molecule has 0 fully saturated rings. The molecule has 0 N–H and O–H groups in total. The van der Waals surface area contributed by atoms with Crippen molar-refractivity contribution >= 4 is 0 Å². The molecule has 3 heterocycles. The van der Waals surface area contributed by atoms with E-state index in [0.717, 1.165) is 148 Å². The van der Waals surface area contributed by atoms with Gasteiger partial charge in [0.15, 0.2) is 0 Å². The maximum absolute atomic E-state index is 10.5. The van der Waals surface area contributed by atoms with Gasteiger partial charge in [0, 0.05) is 24.2 Å². The minimum atomic E-state index is 0. The van der Waals surface area contributed by atoms with Gasteiger partial charge in [-0.25, -0.2) is 0 Å². The molecule has 0 saturated heterocycles. The fraction of sp³-hybridized carbons (Fsp3) is 0.145. The Morgan fingerprint density at radius 1 is 0.413 bits per heavy atom. The summed E-state index contributed by atoms with van der Waals surface area (Å²) in [6, 6.07) is 73.5. The predicted octanol–water partition coefficient (Wildman–Crippen LogP) is 15.2. The molecule has 0 amide bonds. The zero-order valence-corrected chi connectivity index (χ0v) is 43.9. The molecule has 10 aromatic rings. The van der Waals surface area contributed by atoms with Crippen LogP contribution in [0, 0.1) is 40.9 Å². The number of pyridine rings is 3. The molecule has 2 aliphatic carbocycles. The van der Waals surface area contributed by atoms with Crippen LogP contribution in [0.1, 0.15) is 68.5 Å². The molecule has 5 nitrogen and oxygen atoms in total. The molecule has 0 atom stereocenters. The molecule has 0 radical (unpaired) electrons. The molecule has 0 unspecified atom stereocenters. The molecular weight excluding hydrogens is 1090 g/mol. The molecule has 0 bridgehead atoms. The Morgan fingerprint density at radius 2 is 1.00 bits per heavy atom. The van der Waals surface area contributed by atoms with E-state index in [0.29, 0.717) is 11.1 Å². The molecule has 3 aromatic heterocycles. The van der Waals surface area contributed by atoms with Crippen LogP contribution in [0.2, 0.25) is 0 Å². The number of hydrogen-bond acceptors (Lipinski definition) is 5. The van der Waals surface area contributed by atoms with Crippen LogP contribution in [0.3, 0.4) is 0 Å². The van der Waals surface area contributed by atoms with Crippen LogP contribution in [0.5, 0.6) is 0 Å². The van der Waals surface area contributed by atoms with Crippen molar-refractivity contribution in [2.24, 2.45) is 0 Å². The van der Waals surface area contributed by atoms with Gasteiger partial charge in [-0.3, -0.25) is 0 Å². The normalized spacial score (nSPS) is 12.3. The summed E-state index contributed by atoms with van der Waals surface area (Å²) in [5, 5.41) is 20.6. The van der Waals surface area contributed by atoms with Gasteiger partial charge in [0.1, 0.15) is 6.07 Å². The van der Waals surface area contributed by atoms with Crippen LogP contribution < -0.4 is 0 Å². The Hall–Kier alpha value is -8.38. The molecule has 360 valence electrons. The van der Waals surface area contributed by atoms with Crippen molar-refractivity contribution in [2.75, 3.05) is 0 Å². The molecule has 75 heavy (non-hydrogen) atoms. The molecule has 12 rings (SSSR count). The number of fused-ring (bicyclic) bond motifs is 2. The SMILES string of the molecule is N#Cc1cc(-c2ccc(-c3cc(-c4cc5c(cn4)CCC5)[c-]cc3-c3ccccc3-c3cc(CCc4c[c-]c(-c5ccccn5)cc4)cc(CCc4c[c-]c(-c5ccccn5)cc4)c3)cc2)c(C#N)c2c1CCC2.[Ir+3]. The number of aromatic nitrogens is 3. The van der Waals surface area contributed by atoms with Crippen molar-refractivity contribution in [2.45, 2.75) is 64.2 Å². The maximum Gasteiger partial charge on any atom is 3.00 e. The van der Waals surface area contributed by atoms with Gasteiger partial charge in [0.05, 0.1) is 17.2 Å². The molecule has 2 aliphatic rings. The maximum atomic E-state index is 10.5. The first-order valence-electron chi connectivity index (χ1n) is 25.8. The number of hydrogen-bond donors (Lipinski definition) is 0. The van der Waals surface area contributed by atoms with Crippen LogP contribution in [0.4, 0.5) is 0 Å². The van der Waals surface area contributed by atoms with E-state index in [4.69, 9.17) is 4.98 Å². The van der Waals surface area contributed by atoms with E-state index in [1.165, 1.54) is 38.9 Å². The first-order valence-corrected chi connectivity index (χ1v) is 25.8. The zero-order chi connectivity index (χ0) is 49.8. The van der Waals surface area contributed by atoms with E-state index in [1.54, 1.807) is 0 Å². The fourth-order valence-corrected chi connectivity index (χ4v) is 11.1. The van der Waals surface area contributed by atoms with Gasteiger partial charge in [0.2, 0.25) is 0 Å². The Kier molecular flexibility index (Phi) is 14.3. The van der Waals surface area contributed by atoms with Crippen molar-refractivity contribution < 1.29 is 20.1 Å². The quantitative estimate of drug-likeness (QED) is 0.107. The second kappa shape index (κ2) is 22.0. The summed E-state index contributed by atoms with van der Waals surface area (Å²) in [5.74, 6) is 0. The van der Waals surface area contributed by atoms with Crippen LogP contribution in [-0.4, -0.2) is 15.0 Å². The van der Waals surface area contributed by atoms with E-state index < -0.39 is 0 Å². The third kappa shape index (κ3) is 10.3. The van der Waals surface area contributed by atoms with Crippen molar-refractivity contribution in [1.29, 1.82) is 10.5 Å². The van der Waals surface area contributed by atoms with Gasteiger partial charge in [-0.05, 0) is 137 Å². The minimum Gasteiger partial charge on any atom is -0.305 e. The first kappa shape index (κ1) is 48.9. The van der Waals surface area contributed by atoms with Gasteiger partial charge < -0.3 is 15.0 Å². The van der Waals surface area contributed by atoms with Gasteiger partial charge in [0.25, 0.3) is 0 Å². The second-order valence-corrected chi connectivity index (χ2v) is 19.6. The minimum absolute atomic E-state index is 0. The third-order valence-electron chi connectivity index (χ3n) is 15.0. The first-order chi connectivity index (χ1) is 36.5. The van der Waals surface area contributed by atoms with Crippen LogP contribution in [-0.2, 0) is 71.5 Å². The smallest absolute Gasteiger partial charge is 0.305 e. The predicted molar refractivity (Wildman–Crippen MR) is 296 cm³/mol. The van der Waals surface area contributed by atoms with Crippen molar-refractivity contribution in [3.05, 3.63) is 256 Å². The number of benzene rings is 7. The second-order valence-electron chi connectivity index (χ2n) is 19.6. The Bertz CT molecular complexity index is 3670. The largest absolute Gasteiger partial charge is 3.00 e. The van der Waals surface area contributed by atoms with Crippen molar-refractivity contribution in [3.8, 4) is 90.4 Å². The number of aryl methyl sites for hydroxylation is 6. The average Bonchev–Trinajstić information content (AvgIpc) is 4.18. The number of nitriles is 2. The summed E-state index contributed by atoms with van der Waals surface area (Å²) < 4.78 is 0. The zero-order valence-electron chi connectivity index (χ0n) is 41.5. The van der Waals surface area contributed by atoms with Crippen molar-refractivity contribution in [3.63, 3.8) is 0 Å². The van der Waals surface area contributed by atoms with E-state index in [9.17, 15) is 10.5 Å². The fourth-order valence-electron chi connectivity index (χ4n) is 11.1. The third-order valence-corrected chi connectivity index (χ3v) is 15.0. The van der Waals surface area contributed by atoms with Crippen LogP contribution in [0.15, 0.2) is 182 Å². The number of nitrogens with zero attached hydrogens (tertiary/aromatic N) is 5. The summed E-state index contributed by atoms with van der Waals surface area (Å²) in [7, 11) is 0. The molecular formula is C69H50IrN5. The topological polar surface area (TPSA) is 86.2 Å². The van der Waals surface area contributed by atoms with Gasteiger partial charge in [-0.1, -0.05) is 132 Å². The summed E-state index contributed by atoms with van der Waals surface area (Å²) in [6.07, 6.45) is 15.1. The molecule has 0 saturated carbocycles. The standard InChI is InChI=1S/C69H50N5.Ir/c70-43-58-41-65(66(44-71)62-14-8-13-60(58)62)51-31-29-50(30-32-51)64-40-55(69-42-54-9-7-10-56(54)45-74-69)33-34-63(64)61-12-2-1-11-59(61)57-38-48(19-17-46-21-25-52(26-22-46)67-15-3-5-35-72-67)37-49(39-57)20-18-47-23-27-53(28-24-47)68-16-4-6-36-73-68;/h1-6,11-12,15-16,21-25,27,29-32,34-42,45H,7-10,13-14,17-20H2;/q-3;+3. The van der Waals surface area contributed by atoms with Gasteiger partial charge >= 0.3 is 20.1 Å². The summed E-state index contributed by atoms with van der Waals surface area (Å²) >= 11 is 0. The van der Waals surface area contributed by atoms with Crippen molar-refractivity contribution in [1.82, 2.24) is 15.0 Å². The number of rotatable bonds is 13. The van der Waals surface area contributed by atoms with Gasteiger partial charge in [-0.2, -0.15) is 10.5 Å². The molecule has 7 aromatic carbocycles. The van der Waals surface area contributed by atoms with Crippen LogP contribution in [0.25, 0.3) is 78.3 Å². The van der Waals surface area contributed by atoms with Crippen LogP contribution >= 0.6 is 0 Å². The Labute approximate surface area is 453 Å². The van der Waals surface area contributed by atoms with E-state index in [-0.39, 0.29) is 20.1 Å². The molecule has 0 spiro atoms. The summed E-state index contributed by atoms with van der Waals surface area (Å²) in [5.41, 5.74) is 25.2. The van der Waals surface area contributed by atoms with E-state index >= 15 is 0 Å². The molecule has 6 heteroatoms. The van der Waals surface area contributed by atoms with E-state index in [2.05, 4.69) is 168 Å². The average molecular weight is 1140 g/mol. The van der Waals surface area contributed by atoms with E-state index in [1.807, 2.05) is 54.9 Å². The Morgan fingerprint density at radius 3 is 1.61 bits per heavy atom. The van der Waals surface area contributed by atoms with Gasteiger partial charge in [-0.15, -0.1) is 94.5 Å². The summed E-state index contributed by atoms with van der Waals surface area (Å²) in [4.78, 5) is 14.0.